The zero-order valence-electron chi connectivity index (χ0n) is 12.7. The minimum absolute atomic E-state index is 0. The van der Waals surface area contributed by atoms with Crippen LogP contribution in [0.5, 0.6) is 5.75 Å². The molecule has 1 aromatic carbocycles. The van der Waals surface area contributed by atoms with Gasteiger partial charge in [0.15, 0.2) is 0 Å². The van der Waals surface area contributed by atoms with E-state index in [4.69, 9.17) is 22.1 Å². The van der Waals surface area contributed by atoms with Gasteiger partial charge in [-0.25, -0.2) is 0 Å². The first-order valence-corrected chi connectivity index (χ1v) is 7.25. The standard InChI is InChI=1S/C16H18ClN3O2.ClH/c1-20(7-8-22-15-4-2-3-12(17)9-15)16(21)10-14-6-5-13(18)11-19-14;/h2-6,9,11H,7-8,10,18H2,1H3;1H. The second kappa shape index (κ2) is 9.22. The maximum Gasteiger partial charge on any atom is 0.228 e. The zero-order valence-corrected chi connectivity index (χ0v) is 14.3. The minimum atomic E-state index is -0.0213. The minimum Gasteiger partial charge on any atom is -0.492 e. The zero-order chi connectivity index (χ0) is 15.9. The van der Waals surface area contributed by atoms with Crippen molar-refractivity contribution in [3.05, 3.63) is 53.3 Å². The molecule has 1 heterocycles. The highest BCUT2D eigenvalue weighted by Crippen LogP contribution is 2.16. The molecule has 0 unspecified atom stereocenters. The highest BCUT2D eigenvalue weighted by atomic mass is 35.5. The smallest absolute Gasteiger partial charge is 0.228 e. The van der Waals surface area contributed by atoms with E-state index in [1.807, 2.05) is 12.1 Å². The number of nitrogen functional groups attached to an aromatic ring is 1. The summed E-state index contributed by atoms with van der Waals surface area (Å²) < 4.78 is 5.56. The Hall–Kier alpha value is -1.98. The number of carbonyl (C=O) groups is 1. The second-order valence-corrected chi connectivity index (χ2v) is 5.32. The van der Waals surface area contributed by atoms with E-state index in [0.717, 1.165) is 0 Å². The molecule has 2 N–H and O–H groups in total. The Balaban J connectivity index is 0.00000264. The summed E-state index contributed by atoms with van der Waals surface area (Å²) in [6.45, 7) is 0.887. The molecule has 0 radical (unpaired) electrons. The number of anilines is 1. The summed E-state index contributed by atoms with van der Waals surface area (Å²) in [5.74, 6) is 0.667. The van der Waals surface area contributed by atoms with Gasteiger partial charge in [-0.2, -0.15) is 0 Å². The van der Waals surface area contributed by atoms with E-state index < -0.39 is 0 Å². The lowest BCUT2D eigenvalue weighted by Crippen LogP contribution is -2.32. The van der Waals surface area contributed by atoms with Crippen LogP contribution in [0.1, 0.15) is 5.69 Å². The number of likely N-dealkylation sites (N-methyl/N-ethyl adjacent to an activating group) is 1. The Labute approximate surface area is 146 Å². The monoisotopic (exact) mass is 355 g/mol. The van der Waals surface area contributed by atoms with Crippen LogP contribution in [0, 0.1) is 0 Å². The molecule has 0 saturated heterocycles. The quantitative estimate of drug-likeness (QED) is 0.864. The van der Waals surface area contributed by atoms with Gasteiger partial charge in [0.05, 0.1) is 24.8 Å². The van der Waals surface area contributed by atoms with Crippen molar-refractivity contribution < 1.29 is 9.53 Å². The number of nitrogens with zero attached hydrogens (tertiary/aromatic N) is 2. The van der Waals surface area contributed by atoms with Crippen molar-refractivity contribution in [1.29, 1.82) is 0 Å². The number of hydrogen-bond donors (Lipinski definition) is 1. The third-order valence-corrected chi connectivity index (χ3v) is 3.33. The van der Waals surface area contributed by atoms with Gasteiger partial charge in [-0.15, -0.1) is 12.4 Å². The van der Waals surface area contributed by atoms with Crippen molar-refractivity contribution in [2.75, 3.05) is 25.9 Å². The summed E-state index contributed by atoms with van der Waals surface area (Å²) in [5.41, 5.74) is 6.84. The number of pyridine rings is 1. The molecule has 0 aliphatic carbocycles. The van der Waals surface area contributed by atoms with Crippen LogP contribution in [0.2, 0.25) is 5.02 Å². The highest BCUT2D eigenvalue weighted by molar-refractivity contribution is 6.30. The Morgan fingerprint density at radius 2 is 2.13 bits per heavy atom. The molecule has 2 aromatic rings. The molecule has 0 fully saturated rings. The number of benzene rings is 1. The average Bonchev–Trinajstić information content (AvgIpc) is 2.49. The van der Waals surface area contributed by atoms with Crippen LogP contribution in [-0.2, 0) is 11.2 Å². The Morgan fingerprint density at radius 3 is 2.78 bits per heavy atom. The molecule has 0 bridgehead atoms. The van der Waals surface area contributed by atoms with E-state index >= 15 is 0 Å². The van der Waals surface area contributed by atoms with Gasteiger partial charge in [-0.3, -0.25) is 9.78 Å². The van der Waals surface area contributed by atoms with Crippen molar-refractivity contribution >= 4 is 35.6 Å². The van der Waals surface area contributed by atoms with Crippen LogP contribution < -0.4 is 10.5 Å². The molecule has 124 valence electrons. The molecule has 7 heteroatoms. The lowest BCUT2D eigenvalue weighted by atomic mass is 10.2. The third-order valence-electron chi connectivity index (χ3n) is 3.10. The van der Waals surface area contributed by atoms with Gasteiger partial charge in [0, 0.05) is 17.8 Å². The fraction of sp³-hybridized carbons (Fsp3) is 0.250. The molecule has 2 rings (SSSR count). The van der Waals surface area contributed by atoms with Gasteiger partial charge in [0.25, 0.3) is 0 Å². The summed E-state index contributed by atoms with van der Waals surface area (Å²) in [7, 11) is 1.74. The van der Waals surface area contributed by atoms with Gasteiger partial charge in [0.1, 0.15) is 12.4 Å². The predicted octanol–water partition coefficient (Wildman–Crippen LogP) is 2.82. The Morgan fingerprint density at radius 1 is 1.35 bits per heavy atom. The van der Waals surface area contributed by atoms with Crippen molar-refractivity contribution in [2.24, 2.45) is 0 Å². The number of hydrogen-bond acceptors (Lipinski definition) is 4. The van der Waals surface area contributed by atoms with E-state index in [-0.39, 0.29) is 24.7 Å². The highest BCUT2D eigenvalue weighted by Gasteiger charge is 2.10. The van der Waals surface area contributed by atoms with Gasteiger partial charge >= 0.3 is 0 Å². The van der Waals surface area contributed by atoms with Crippen molar-refractivity contribution in [2.45, 2.75) is 6.42 Å². The van der Waals surface area contributed by atoms with E-state index in [2.05, 4.69) is 4.98 Å². The van der Waals surface area contributed by atoms with Crippen LogP contribution in [0.15, 0.2) is 42.6 Å². The van der Waals surface area contributed by atoms with Crippen LogP contribution in [0.25, 0.3) is 0 Å². The van der Waals surface area contributed by atoms with Gasteiger partial charge in [-0.1, -0.05) is 17.7 Å². The molecule has 1 amide bonds. The summed E-state index contributed by atoms with van der Waals surface area (Å²) in [6, 6.07) is 10.7. The molecule has 23 heavy (non-hydrogen) atoms. The maximum absolute atomic E-state index is 12.1. The van der Waals surface area contributed by atoms with E-state index in [1.165, 1.54) is 0 Å². The Kier molecular flexibility index (Phi) is 7.65. The van der Waals surface area contributed by atoms with Crippen molar-refractivity contribution in [1.82, 2.24) is 9.88 Å². The maximum atomic E-state index is 12.1. The number of aromatic nitrogens is 1. The largest absolute Gasteiger partial charge is 0.492 e. The second-order valence-electron chi connectivity index (χ2n) is 4.88. The fourth-order valence-electron chi connectivity index (χ4n) is 1.81. The molecule has 5 nitrogen and oxygen atoms in total. The number of rotatable bonds is 6. The topological polar surface area (TPSA) is 68.5 Å². The summed E-state index contributed by atoms with van der Waals surface area (Å²) in [5, 5.41) is 0.622. The van der Waals surface area contributed by atoms with Crippen LogP contribution >= 0.6 is 24.0 Å². The van der Waals surface area contributed by atoms with E-state index in [0.29, 0.717) is 35.3 Å². The normalized spacial score (nSPS) is 9.83. The van der Waals surface area contributed by atoms with E-state index in [1.54, 1.807) is 42.4 Å². The lowest BCUT2D eigenvalue weighted by Gasteiger charge is -2.17. The Bertz CT molecular complexity index is 635. The van der Waals surface area contributed by atoms with E-state index in [9.17, 15) is 4.79 Å². The lowest BCUT2D eigenvalue weighted by molar-refractivity contribution is -0.129. The summed E-state index contributed by atoms with van der Waals surface area (Å²) in [4.78, 5) is 17.8. The summed E-state index contributed by atoms with van der Waals surface area (Å²) >= 11 is 5.88. The third kappa shape index (κ3) is 6.34. The molecule has 1 aromatic heterocycles. The predicted molar refractivity (Wildman–Crippen MR) is 94.2 cm³/mol. The molecule has 0 aliphatic rings. The van der Waals surface area contributed by atoms with Gasteiger partial charge < -0.3 is 15.4 Å². The van der Waals surface area contributed by atoms with Gasteiger partial charge in [0.2, 0.25) is 5.91 Å². The number of nitrogens with two attached hydrogens (primary N) is 1. The van der Waals surface area contributed by atoms with Crippen molar-refractivity contribution in [3.63, 3.8) is 0 Å². The molecule has 0 spiro atoms. The molecular weight excluding hydrogens is 337 g/mol. The van der Waals surface area contributed by atoms with Crippen LogP contribution in [0.4, 0.5) is 5.69 Å². The van der Waals surface area contributed by atoms with Crippen molar-refractivity contribution in [3.8, 4) is 5.75 Å². The number of carbonyl (C=O) groups excluding carboxylic acids is 1. The first kappa shape index (κ1) is 19.1. The SMILES string of the molecule is CN(CCOc1cccc(Cl)c1)C(=O)Cc1ccc(N)cn1.Cl. The summed E-state index contributed by atoms with van der Waals surface area (Å²) in [6.07, 6.45) is 1.79. The number of amides is 1. The van der Waals surface area contributed by atoms with Gasteiger partial charge in [-0.05, 0) is 30.3 Å². The first-order chi connectivity index (χ1) is 10.5. The first-order valence-electron chi connectivity index (χ1n) is 6.87. The van der Waals surface area contributed by atoms with Crippen LogP contribution in [-0.4, -0.2) is 36.0 Å². The molecule has 0 atom stereocenters. The number of halogens is 2. The fourth-order valence-corrected chi connectivity index (χ4v) is 1.99. The molecule has 0 saturated carbocycles. The average molecular weight is 356 g/mol. The molecule has 0 aliphatic heterocycles. The van der Waals surface area contributed by atoms with Crippen LogP contribution in [0.3, 0.4) is 0 Å². The number of ether oxygens (including phenoxy) is 1. The molecular formula is C16H19Cl2N3O2.